The Labute approximate surface area is 106 Å². The molecule has 0 aliphatic heterocycles. The molecular weight excluding hydrogens is 258 g/mol. The summed E-state index contributed by atoms with van der Waals surface area (Å²) in [5, 5.41) is 15.1. The van der Waals surface area contributed by atoms with Gasteiger partial charge in [-0.05, 0) is 19.3 Å². The summed E-state index contributed by atoms with van der Waals surface area (Å²) in [6.45, 7) is 5.21. The van der Waals surface area contributed by atoms with E-state index in [4.69, 9.17) is 5.11 Å². The minimum absolute atomic E-state index is 0.0301. The summed E-state index contributed by atoms with van der Waals surface area (Å²) < 4.78 is 26.1. The van der Waals surface area contributed by atoms with E-state index in [9.17, 15) is 13.2 Å². The molecule has 7 nitrogen and oxygen atoms in total. The normalized spacial score (nSPS) is 13.8. The molecule has 0 saturated carbocycles. The Bertz CT molecular complexity index is 521. The molecule has 102 valence electrons. The van der Waals surface area contributed by atoms with Gasteiger partial charge in [0.2, 0.25) is 10.0 Å². The van der Waals surface area contributed by atoms with Crippen molar-refractivity contribution >= 4 is 16.0 Å². The number of carboxylic acid groups (broad SMARTS) is 1. The van der Waals surface area contributed by atoms with Crippen molar-refractivity contribution in [2.75, 3.05) is 0 Å². The van der Waals surface area contributed by atoms with Crippen LogP contribution in [0.3, 0.4) is 0 Å². The molecule has 0 fully saturated rings. The molecule has 3 N–H and O–H groups in total. The number of hydrogen-bond acceptors (Lipinski definition) is 4. The molecule has 0 aliphatic carbocycles. The van der Waals surface area contributed by atoms with Crippen molar-refractivity contribution < 1.29 is 18.3 Å². The predicted octanol–water partition coefficient (Wildman–Crippen LogP) is 0.496. The molecule has 1 aromatic rings. The van der Waals surface area contributed by atoms with Crippen LogP contribution in [0.4, 0.5) is 0 Å². The Morgan fingerprint density at radius 1 is 1.56 bits per heavy atom. The Morgan fingerprint density at radius 3 is 2.56 bits per heavy atom. The van der Waals surface area contributed by atoms with Crippen molar-refractivity contribution in [3.8, 4) is 0 Å². The molecule has 18 heavy (non-hydrogen) atoms. The van der Waals surface area contributed by atoms with Crippen LogP contribution in [0.5, 0.6) is 0 Å². The third-order valence-corrected chi connectivity index (χ3v) is 3.96. The maximum atomic E-state index is 12.0. The number of H-pyrrole nitrogens is 1. The minimum Gasteiger partial charge on any atom is -0.480 e. The fourth-order valence-corrected chi connectivity index (χ4v) is 2.87. The van der Waals surface area contributed by atoms with E-state index in [1.54, 1.807) is 6.92 Å². The lowest BCUT2D eigenvalue weighted by Gasteiger charge is -2.16. The summed E-state index contributed by atoms with van der Waals surface area (Å²) in [5.41, 5.74) is 0.371. The Kier molecular flexibility index (Phi) is 4.47. The number of aliphatic carboxylic acids is 1. The van der Waals surface area contributed by atoms with Gasteiger partial charge >= 0.3 is 5.97 Å². The number of hydrogen-bond donors (Lipinski definition) is 3. The molecule has 0 amide bonds. The van der Waals surface area contributed by atoms with Crippen LogP contribution in [0.1, 0.15) is 26.0 Å². The van der Waals surface area contributed by atoms with E-state index in [1.807, 2.05) is 13.8 Å². The zero-order valence-electron chi connectivity index (χ0n) is 10.5. The van der Waals surface area contributed by atoms with Crippen LogP contribution in [-0.4, -0.2) is 35.7 Å². The highest BCUT2D eigenvalue weighted by Crippen LogP contribution is 2.14. The standard InChI is InChI=1S/C10H17N3O4S/c1-6(2)4-8(10(14)15)13-18(16,17)9-5-11-12-7(9)3/h5-6,8,13H,4H2,1-3H3,(H,11,12)(H,14,15)/t8-/m1/s1. The lowest BCUT2D eigenvalue weighted by molar-refractivity contribution is -0.139. The molecular formula is C10H17N3O4S. The first-order chi connectivity index (χ1) is 8.24. The molecule has 0 saturated heterocycles. The molecule has 0 spiro atoms. The quantitative estimate of drug-likeness (QED) is 0.699. The van der Waals surface area contributed by atoms with Crippen LogP contribution in [0.15, 0.2) is 11.1 Å². The number of aryl methyl sites for hydroxylation is 1. The smallest absolute Gasteiger partial charge is 0.321 e. The largest absolute Gasteiger partial charge is 0.480 e. The molecule has 0 radical (unpaired) electrons. The van der Waals surface area contributed by atoms with Crippen LogP contribution in [0.2, 0.25) is 0 Å². The second-order valence-corrected chi connectivity index (χ2v) is 6.18. The SMILES string of the molecule is Cc1[nH]ncc1S(=O)(=O)N[C@H](CC(C)C)C(=O)O. The third kappa shape index (κ3) is 3.54. The molecule has 1 aromatic heterocycles. The van der Waals surface area contributed by atoms with E-state index in [2.05, 4.69) is 14.9 Å². The Morgan fingerprint density at radius 2 is 2.17 bits per heavy atom. The summed E-state index contributed by atoms with van der Waals surface area (Å²) >= 11 is 0. The highest BCUT2D eigenvalue weighted by Gasteiger charge is 2.27. The maximum absolute atomic E-state index is 12.0. The zero-order valence-corrected chi connectivity index (χ0v) is 11.3. The van der Waals surface area contributed by atoms with E-state index in [0.717, 1.165) is 6.20 Å². The summed E-state index contributed by atoms with van der Waals surface area (Å²) in [6, 6.07) is -1.13. The van der Waals surface area contributed by atoms with Crippen LogP contribution in [0.25, 0.3) is 0 Å². The first-order valence-corrected chi connectivity index (χ1v) is 6.97. The second-order valence-electron chi connectivity index (χ2n) is 4.50. The lowest BCUT2D eigenvalue weighted by atomic mass is 10.1. The van der Waals surface area contributed by atoms with Crippen LogP contribution in [0, 0.1) is 12.8 Å². The average Bonchev–Trinajstić information content (AvgIpc) is 2.62. The van der Waals surface area contributed by atoms with Gasteiger partial charge in [-0.3, -0.25) is 9.89 Å². The first kappa shape index (κ1) is 14.7. The van der Waals surface area contributed by atoms with Gasteiger partial charge in [-0.1, -0.05) is 13.8 Å². The summed E-state index contributed by atoms with van der Waals surface area (Å²) in [6.07, 6.45) is 1.39. The van der Waals surface area contributed by atoms with Gasteiger partial charge < -0.3 is 5.11 Å². The van der Waals surface area contributed by atoms with E-state index in [-0.39, 0.29) is 17.2 Å². The van der Waals surface area contributed by atoms with Gasteiger partial charge in [-0.15, -0.1) is 0 Å². The van der Waals surface area contributed by atoms with Crippen LogP contribution in [-0.2, 0) is 14.8 Å². The van der Waals surface area contributed by atoms with Crippen molar-refractivity contribution in [3.05, 3.63) is 11.9 Å². The zero-order chi connectivity index (χ0) is 13.9. The van der Waals surface area contributed by atoms with E-state index in [1.165, 1.54) is 0 Å². The number of nitrogens with zero attached hydrogens (tertiary/aromatic N) is 1. The summed E-state index contributed by atoms with van der Waals surface area (Å²) in [4.78, 5) is 11.0. The highest BCUT2D eigenvalue weighted by atomic mass is 32.2. The Hall–Kier alpha value is -1.41. The fraction of sp³-hybridized carbons (Fsp3) is 0.600. The monoisotopic (exact) mass is 275 g/mol. The van der Waals surface area contributed by atoms with Crippen molar-refractivity contribution in [3.63, 3.8) is 0 Å². The van der Waals surface area contributed by atoms with Gasteiger partial charge in [0.15, 0.2) is 0 Å². The first-order valence-electron chi connectivity index (χ1n) is 5.49. The topological polar surface area (TPSA) is 112 Å². The molecule has 0 unspecified atom stereocenters. The van der Waals surface area contributed by atoms with Gasteiger partial charge in [0.25, 0.3) is 0 Å². The van der Waals surface area contributed by atoms with Gasteiger partial charge in [0, 0.05) is 0 Å². The number of nitrogens with one attached hydrogen (secondary N) is 2. The number of carbonyl (C=O) groups is 1. The van der Waals surface area contributed by atoms with Crippen molar-refractivity contribution in [1.29, 1.82) is 0 Å². The summed E-state index contributed by atoms with van der Waals surface area (Å²) in [7, 11) is -3.86. The third-order valence-electron chi connectivity index (χ3n) is 2.38. The second kappa shape index (κ2) is 5.49. The number of carboxylic acids is 1. The van der Waals surface area contributed by atoms with Gasteiger partial charge in [0.05, 0.1) is 11.9 Å². The number of aromatic amines is 1. The average molecular weight is 275 g/mol. The molecule has 1 rings (SSSR count). The highest BCUT2D eigenvalue weighted by molar-refractivity contribution is 7.89. The molecule has 0 aliphatic rings. The van der Waals surface area contributed by atoms with Crippen molar-refractivity contribution in [2.45, 2.75) is 38.1 Å². The molecule has 1 atom stereocenters. The van der Waals surface area contributed by atoms with Crippen LogP contribution >= 0.6 is 0 Å². The minimum atomic E-state index is -3.86. The maximum Gasteiger partial charge on any atom is 0.321 e. The van der Waals surface area contributed by atoms with Gasteiger partial charge in [-0.25, -0.2) is 8.42 Å². The molecule has 8 heteroatoms. The van der Waals surface area contributed by atoms with E-state index < -0.39 is 22.0 Å². The summed E-state index contributed by atoms with van der Waals surface area (Å²) in [5.74, 6) is -1.12. The molecule has 1 heterocycles. The van der Waals surface area contributed by atoms with Crippen molar-refractivity contribution in [1.82, 2.24) is 14.9 Å². The number of aromatic nitrogens is 2. The lowest BCUT2D eigenvalue weighted by Crippen LogP contribution is -2.41. The van der Waals surface area contributed by atoms with Crippen molar-refractivity contribution in [2.24, 2.45) is 5.92 Å². The fourth-order valence-electron chi connectivity index (χ4n) is 1.53. The molecule has 0 bridgehead atoms. The number of sulfonamides is 1. The van der Waals surface area contributed by atoms with Gasteiger partial charge in [-0.2, -0.15) is 9.82 Å². The predicted molar refractivity (Wildman–Crippen MR) is 64.5 cm³/mol. The Balaban J connectivity index is 2.94. The molecule has 0 aromatic carbocycles. The van der Waals surface area contributed by atoms with E-state index in [0.29, 0.717) is 5.69 Å². The van der Waals surface area contributed by atoms with E-state index >= 15 is 0 Å². The van der Waals surface area contributed by atoms with Gasteiger partial charge in [0.1, 0.15) is 10.9 Å². The van der Waals surface area contributed by atoms with Crippen LogP contribution < -0.4 is 4.72 Å². The number of rotatable bonds is 6.